The number of hydrogen-bond acceptors (Lipinski definition) is 5. The number of methoxy groups -OCH3 is 1. The van der Waals surface area contributed by atoms with E-state index in [1.54, 1.807) is 24.3 Å². The summed E-state index contributed by atoms with van der Waals surface area (Å²) in [6.45, 7) is -0.310. The number of carbonyl (C=O) groups excluding carboxylic acids is 1. The van der Waals surface area contributed by atoms with Crippen LogP contribution in [-0.2, 0) is 35.0 Å². The van der Waals surface area contributed by atoms with Crippen molar-refractivity contribution in [1.82, 2.24) is 14.5 Å². The van der Waals surface area contributed by atoms with Crippen LogP contribution in [0.5, 0.6) is 5.75 Å². The molecule has 0 aliphatic carbocycles. The Hall–Kier alpha value is -3.43. The van der Waals surface area contributed by atoms with Crippen LogP contribution in [0, 0.1) is 17.5 Å². The normalized spacial score (nSPS) is 14.2. The fourth-order valence-electron chi connectivity index (χ4n) is 4.23. The highest BCUT2D eigenvalue weighted by Gasteiger charge is 2.41. The molecule has 0 unspecified atom stereocenters. The number of amides is 1. The van der Waals surface area contributed by atoms with Gasteiger partial charge in [0.1, 0.15) is 11.6 Å². The minimum atomic E-state index is -4.70. The van der Waals surface area contributed by atoms with Gasteiger partial charge in [-0.1, -0.05) is 12.1 Å². The van der Waals surface area contributed by atoms with Crippen molar-refractivity contribution in [3.63, 3.8) is 0 Å². The summed E-state index contributed by atoms with van der Waals surface area (Å²) in [7, 11) is -3.21. The van der Waals surface area contributed by atoms with Crippen molar-refractivity contribution < 1.29 is 55.1 Å². The Labute approximate surface area is 229 Å². The smallest absolute Gasteiger partial charge is 0.466 e. The van der Waals surface area contributed by atoms with E-state index >= 15 is 0 Å². The van der Waals surface area contributed by atoms with E-state index in [0.717, 1.165) is 4.57 Å². The molecule has 224 valence electrons. The number of nitrogens with zero attached hydrogens (tertiary/aromatic N) is 3. The van der Waals surface area contributed by atoms with Crippen molar-refractivity contribution in [2.75, 3.05) is 13.7 Å². The van der Waals surface area contributed by atoms with E-state index in [0.29, 0.717) is 23.4 Å². The third kappa shape index (κ3) is 8.53. The second-order valence-electron chi connectivity index (χ2n) is 8.97. The van der Waals surface area contributed by atoms with E-state index in [-0.39, 0.29) is 49.4 Å². The zero-order chi connectivity index (χ0) is 30.7. The number of nitrogens with two attached hydrogens (primary N) is 1. The fourth-order valence-corrected chi connectivity index (χ4v) is 4.23. The van der Waals surface area contributed by atoms with Crippen LogP contribution in [0.15, 0.2) is 36.4 Å². The lowest BCUT2D eigenvalue weighted by Crippen LogP contribution is -2.42. The number of aromatic nitrogens is 2. The van der Waals surface area contributed by atoms with Crippen molar-refractivity contribution >= 4 is 13.7 Å². The van der Waals surface area contributed by atoms with Gasteiger partial charge in [0, 0.05) is 37.2 Å². The molecular formula is C24H25F6N4O6P. The first kappa shape index (κ1) is 32.1. The van der Waals surface area contributed by atoms with Gasteiger partial charge in [0.25, 0.3) is 0 Å². The Kier molecular flexibility index (Phi) is 9.87. The average molecular weight is 610 g/mol. The lowest BCUT2D eigenvalue weighted by molar-refractivity contribution is -0.148. The summed E-state index contributed by atoms with van der Waals surface area (Å²) >= 11 is 0. The maximum atomic E-state index is 13.9. The number of hydrogen-bond donors (Lipinski definition) is 4. The number of rotatable bonds is 6. The first-order valence-corrected chi connectivity index (χ1v) is 13.3. The molecular weight excluding hydrogens is 585 g/mol. The second-order valence-corrected chi connectivity index (χ2v) is 9.99. The molecule has 0 bridgehead atoms. The number of fused-ring (bicyclic) bond motifs is 1. The van der Waals surface area contributed by atoms with Crippen LogP contribution >= 0.6 is 7.82 Å². The quantitative estimate of drug-likeness (QED) is 0.189. The van der Waals surface area contributed by atoms with Crippen LogP contribution in [0.1, 0.15) is 23.5 Å². The van der Waals surface area contributed by atoms with Gasteiger partial charge in [-0.2, -0.15) is 13.2 Å². The number of alkyl halides is 3. The lowest BCUT2D eigenvalue weighted by Gasteiger charge is -2.30. The largest absolute Gasteiger partial charge is 0.497 e. The van der Waals surface area contributed by atoms with Crippen LogP contribution in [0.2, 0.25) is 0 Å². The fraction of sp³-hybridized carbons (Fsp3) is 0.333. The highest BCUT2D eigenvalue weighted by molar-refractivity contribution is 7.45. The Bertz CT molecular complexity index is 1450. The third-order valence-corrected chi connectivity index (χ3v) is 5.96. The number of halogens is 6. The van der Waals surface area contributed by atoms with E-state index in [4.69, 9.17) is 29.7 Å². The predicted molar refractivity (Wildman–Crippen MR) is 132 cm³/mol. The molecule has 5 N–H and O–H groups in total. The van der Waals surface area contributed by atoms with Gasteiger partial charge >= 0.3 is 14.0 Å². The summed E-state index contributed by atoms with van der Waals surface area (Å²) in [4.78, 5) is 39.7. The number of benzene rings is 2. The number of ether oxygens (including phenoxy) is 1. The van der Waals surface area contributed by atoms with Crippen LogP contribution in [0.4, 0.5) is 26.3 Å². The Morgan fingerprint density at radius 3 is 2.34 bits per heavy atom. The summed E-state index contributed by atoms with van der Waals surface area (Å²) in [5.74, 6) is -4.66. The summed E-state index contributed by atoms with van der Waals surface area (Å²) in [6.07, 6.45) is -5.20. The summed E-state index contributed by atoms with van der Waals surface area (Å²) < 4.78 is 96.7. The minimum absolute atomic E-state index is 0.0188. The van der Waals surface area contributed by atoms with Gasteiger partial charge in [0.15, 0.2) is 11.6 Å². The molecule has 0 saturated heterocycles. The zero-order valence-electron chi connectivity index (χ0n) is 21.3. The van der Waals surface area contributed by atoms with Crippen molar-refractivity contribution in [1.29, 1.82) is 0 Å². The van der Waals surface area contributed by atoms with E-state index in [1.165, 1.54) is 12.0 Å². The molecule has 41 heavy (non-hydrogen) atoms. The van der Waals surface area contributed by atoms with E-state index in [2.05, 4.69) is 4.98 Å². The molecule has 1 aliphatic rings. The van der Waals surface area contributed by atoms with Crippen molar-refractivity contribution in [3.8, 4) is 17.0 Å². The SMILES string of the molecule is COc1cccc(-c2nc(C(F)(F)F)n3c2CN(C(=O)C[C@H](N)Cc2cc(F)c(F)cc2F)CC3)c1.O=P(O)(O)O. The summed E-state index contributed by atoms with van der Waals surface area (Å²) in [5.41, 5.74) is 6.47. The first-order chi connectivity index (χ1) is 19.0. The number of imidazole rings is 1. The zero-order valence-corrected chi connectivity index (χ0v) is 22.2. The van der Waals surface area contributed by atoms with E-state index < -0.39 is 49.2 Å². The number of phosphoric acid groups is 1. The molecule has 3 aromatic rings. The highest BCUT2D eigenvalue weighted by atomic mass is 31.2. The minimum Gasteiger partial charge on any atom is -0.497 e. The molecule has 1 aromatic heterocycles. The Morgan fingerprint density at radius 1 is 1.10 bits per heavy atom. The van der Waals surface area contributed by atoms with Gasteiger partial charge in [-0.05, 0) is 30.2 Å². The standard InChI is InChI=1S/C24H22F6N4O2.H3O4P/c1-36-16-4-2-3-13(8-16)22-20-12-33(5-6-34(20)23(32-22)24(28,29)30)21(35)10-15(31)7-14-9-18(26)19(27)11-17(14)25;1-5(2,3)4/h2-4,8-9,11,15H,5-7,10,12,31H2,1H3;(H3,1,2,3,4)/t15-;/m1./s1. The van der Waals surface area contributed by atoms with Crippen LogP contribution in [-0.4, -0.2) is 54.7 Å². The van der Waals surface area contributed by atoms with Crippen LogP contribution < -0.4 is 10.5 Å². The maximum Gasteiger partial charge on any atom is 0.466 e. The Morgan fingerprint density at radius 2 is 1.73 bits per heavy atom. The van der Waals surface area contributed by atoms with Crippen LogP contribution in [0.25, 0.3) is 11.3 Å². The molecule has 10 nitrogen and oxygen atoms in total. The predicted octanol–water partition coefficient (Wildman–Crippen LogP) is 3.37. The molecule has 0 spiro atoms. The summed E-state index contributed by atoms with van der Waals surface area (Å²) in [6, 6.07) is 6.58. The molecule has 4 rings (SSSR count). The molecule has 2 heterocycles. The van der Waals surface area contributed by atoms with E-state index in [9.17, 15) is 31.1 Å². The van der Waals surface area contributed by atoms with Gasteiger partial charge in [-0.15, -0.1) is 0 Å². The molecule has 0 radical (unpaired) electrons. The maximum absolute atomic E-state index is 13.9. The van der Waals surface area contributed by atoms with Crippen molar-refractivity contribution in [2.24, 2.45) is 5.73 Å². The first-order valence-electron chi connectivity index (χ1n) is 11.7. The van der Waals surface area contributed by atoms with Gasteiger partial charge in [0.05, 0.1) is 25.0 Å². The second kappa shape index (κ2) is 12.6. The van der Waals surface area contributed by atoms with Gasteiger partial charge in [0.2, 0.25) is 11.7 Å². The molecule has 1 atom stereocenters. The molecule has 0 fully saturated rings. The third-order valence-electron chi connectivity index (χ3n) is 5.96. The molecule has 1 aliphatic heterocycles. The van der Waals surface area contributed by atoms with Crippen LogP contribution in [0.3, 0.4) is 0 Å². The Balaban J connectivity index is 0.000000850. The average Bonchev–Trinajstić information content (AvgIpc) is 3.26. The molecule has 2 aromatic carbocycles. The molecule has 1 amide bonds. The summed E-state index contributed by atoms with van der Waals surface area (Å²) in [5, 5.41) is 0. The van der Waals surface area contributed by atoms with Gasteiger partial charge < -0.3 is 34.6 Å². The van der Waals surface area contributed by atoms with Crippen molar-refractivity contribution in [2.45, 2.75) is 38.1 Å². The topological polar surface area (TPSA) is 151 Å². The van der Waals surface area contributed by atoms with Crippen molar-refractivity contribution in [3.05, 3.63) is 70.9 Å². The van der Waals surface area contributed by atoms with Gasteiger partial charge in [-0.3, -0.25) is 4.79 Å². The highest BCUT2D eigenvalue weighted by Crippen LogP contribution is 2.36. The molecule has 0 saturated carbocycles. The monoisotopic (exact) mass is 610 g/mol. The van der Waals surface area contributed by atoms with Gasteiger partial charge in [-0.25, -0.2) is 22.7 Å². The number of carbonyl (C=O) groups is 1. The molecule has 17 heteroatoms. The lowest BCUT2D eigenvalue weighted by atomic mass is 10.0. The van der Waals surface area contributed by atoms with E-state index in [1.807, 2.05) is 0 Å².